The van der Waals surface area contributed by atoms with Gasteiger partial charge < -0.3 is 0 Å². The maximum atomic E-state index is 4.98. The summed E-state index contributed by atoms with van der Waals surface area (Å²) in [5.41, 5.74) is 7.46. The molecular weight excluding hydrogens is 340 g/mol. The molecule has 2 nitrogen and oxygen atoms in total. The zero-order valence-corrected chi connectivity index (χ0v) is 16.2. The van der Waals surface area contributed by atoms with E-state index in [9.17, 15) is 0 Å². The zero-order chi connectivity index (χ0) is 19.5. The third kappa shape index (κ3) is 3.25. The molecule has 2 heteroatoms. The highest BCUT2D eigenvalue weighted by atomic mass is 14.9. The predicted molar refractivity (Wildman–Crippen MR) is 119 cm³/mol. The third-order valence-electron chi connectivity index (χ3n) is 5.05. The van der Waals surface area contributed by atoms with Crippen LogP contribution >= 0.6 is 0 Å². The molecule has 0 aliphatic rings. The Labute approximate surface area is 165 Å². The van der Waals surface area contributed by atoms with Crippen LogP contribution in [0.3, 0.4) is 0 Å². The lowest BCUT2D eigenvalue weighted by Gasteiger charge is -2.13. The number of aryl methyl sites for hydroxylation is 1. The molecule has 28 heavy (non-hydrogen) atoms. The van der Waals surface area contributed by atoms with Gasteiger partial charge in [0, 0.05) is 16.5 Å². The molecule has 4 aromatic rings. The van der Waals surface area contributed by atoms with Crippen molar-refractivity contribution in [1.82, 2.24) is 9.97 Å². The van der Waals surface area contributed by atoms with Crippen LogP contribution in [0.2, 0.25) is 0 Å². The van der Waals surface area contributed by atoms with Crippen molar-refractivity contribution in [2.45, 2.75) is 13.8 Å². The molecule has 0 saturated heterocycles. The van der Waals surface area contributed by atoms with Crippen LogP contribution in [0.5, 0.6) is 0 Å². The predicted octanol–water partition coefficient (Wildman–Crippen LogP) is 6.72. The summed E-state index contributed by atoms with van der Waals surface area (Å²) < 4.78 is 0. The summed E-state index contributed by atoms with van der Waals surface area (Å²) in [6, 6.07) is 26.8. The molecule has 0 N–H and O–H groups in total. The lowest BCUT2D eigenvalue weighted by atomic mass is 9.96. The molecule has 0 aliphatic carbocycles. The molecule has 0 spiro atoms. The maximum absolute atomic E-state index is 4.98. The number of allylic oxidation sites excluding steroid dienone is 3. The van der Waals surface area contributed by atoms with Gasteiger partial charge in [-0.1, -0.05) is 85.5 Å². The summed E-state index contributed by atoms with van der Waals surface area (Å²) in [5, 5.41) is 1.05. The largest absolute Gasteiger partial charge is 0.228 e. The summed E-state index contributed by atoms with van der Waals surface area (Å²) in [5.74, 6) is 0.702. The van der Waals surface area contributed by atoms with E-state index in [4.69, 9.17) is 9.97 Å². The number of aromatic nitrogens is 2. The summed E-state index contributed by atoms with van der Waals surface area (Å²) in [7, 11) is 0. The van der Waals surface area contributed by atoms with Gasteiger partial charge in [0.15, 0.2) is 5.82 Å². The molecule has 0 atom stereocenters. The van der Waals surface area contributed by atoms with E-state index >= 15 is 0 Å². The standard InChI is InChI=1S/C26H22N2/c1-4-21(19(3)22-15-9-8-12-18(22)2)26-27-24-17-11-10-16-23(24)25(28-26)20-13-6-5-7-14-20/h4-17H,1H2,2-3H3/b21-19-. The maximum Gasteiger partial charge on any atom is 0.160 e. The van der Waals surface area contributed by atoms with E-state index in [-0.39, 0.29) is 0 Å². The average molecular weight is 362 g/mol. The Morgan fingerprint density at radius 1 is 0.821 bits per heavy atom. The first kappa shape index (κ1) is 17.9. The molecule has 1 aromatic heterocycles. The topological polar surface area (TPSA) is 25.8 Å². The second-order valence-corrected chi connectivity index (χ2v) is 6.84. The number of rotatable bonds is 4. The number of fused-ring (bicyclic) bond motifs is 1. The third-order valence-corrected chi connectivity index (χ3v) is 5.05. The Balaban J connectivity index is 2.00. The number of hydrogen-bond donors (Lipinski definition) is 0. The van der Waals surface area contributed by atoms with Gasteiger partial charge >= 0.3 is 0 Å². The molecule has 136 valence electrons. The van der Waals surface area contributed by atoms with Crippen molar-refractivity contribution in [2.24, 2.45) is 0 Å². The van der Waals surface area contributed by atoms with Crippen LogP contribution in [0, 0.1) is 6.92 Å². The van der Waals surface area contributed by atoms with Gasteiger partial charge in [-0.2, -0.15) is 0 Å². The summed E-state index contributed by atoms with van der Waals surface area (Å²) in [4.78, 5) is 9.85. The molecule has 0 radical (unpaired) electrons. The number of para-hydroxylation sites is 1. The van der Waals surface area contributed by atoms with Gasteiger partial charge in [0.25, 0.3) is 0 Å². The molecule has 4 rings (SSSR count). The number of nitrogens with zero attached hydrogens (tertiary/aromatic N) is 2. The van der Waals surface area contributed by atoms with E-state index in [2.05, 4.69) is 62.9 Å². The van der Waals surface area contributed by atoms with Gasteiger partial charge in [0.05, 0.1) is 11.2 Å². The first-order valence-electron chi connectivity index (χ1n) is 9.41. The zero-order valence-electron chi connectivity index (χ0n) is 16.2. The molecule has 0 saturated carbocycles. The van der Waals surface area contributed by atoms with Crippen molar-refractivity contribution in [3.05, 3.63) is 108 Å². The normalized spacial score (nSPS) is 11.9. The smallest absolute Gasteiger partial charge is 0.160 e. The van der Waals surface area contributed by atoms with E-state index in [1.807, 2.05) is 42.5 Å². The lowest BCUT2D eigenvalue weighted by molar-refractivity contribution is 1.17. The number of hydrogen-bond acceptors (Lipinski definition) is 2. The first-order chi connectivity index (χ1) is 13.7. The van der Waals surface area contributed by atoms with Gasteiger partial charge in [-0.25, -0.2) is 9.97 Å². The molecule has 0 bridgehead atoms. The molecule has 3 aromatic carbocycles. The number of benzene rings is 3. The average Bonchev–Trinajstić information content (AvgIpc) is 2.74. The van der Waals surface area contributed by atoms with E-state index in [0.717, 1.165) is 33.3 Å². The van der Waals surface area contributed by atoms with Crippen molar-refractivity contribution in [1.29, 1.82) is 0 Å². The second-order valence-electron chi connectivity index (χ2n) is 6.84. The molecule has 0 unspecified atom stereocenters. The fourth-order valence-electron chi connectivity index (χ4n) is 3.56. The van der Waals surface area contributed by atoms with Crippen molar-refractivity contribution < 1.29 is 0 Å². The SMILES string of the molecule is C=C/C(=C(\C)c1ccccc1C)c1nc(-c2ccccc2)c2ccccc2n1. The quantitative estimate of drug-likeness (QED) is 0.376. The van der Waals surface area contributed by atoms with Crippen LogP contribution in [0.15, 0.2) is 91.5 Å². The molecule has 1 heterocycles. The highest BCUT2D eigenvalue weighted by molar-refractivity contribution is 5.97. The molecule has 0 amide bonds. The van der Waals surface area contributed by atoms with Gasteiger partial charge in [-0.15, -0.1) is 0 Å². The Morgan fingerprint density at radius 3 is 2.25 bits per heavy atom. The minimum Gasteiger partial charge on any atom is -0.228 e. The van der Waals surface area contributed by atoms with E-state index in [1.54, 1.807) is 0 Å². The summed E-state index contributed by atoms with van der Waals surface area (Å²) in [6.45, 7) is 8.29. The molecular formula is C26H22N2. The van der Waals surface area contributed by atoms with Gasteiger partial charge in [0.2, 0.25) is 0 Å². The van der Waals surface area contributed by atoms with Crippen LogP contribution in [-0.4, -0.2) is 9.97 Å². The van der Waals surface area contributed by atoms with Crippen molar-refractivity contribution >= 4 is 22.0 Å². The van der Waals surface area contributed by atoms with Crippen LogP contribution in [-0.2, 0) is 0 Å². The fourth-order valence-corrected chi connectivity index (χ4v) is 3.56. The van der Waals surface area contributed by atoms with E-state index in [1.165, 1.54) is 11.1 Å². The highest BCUT2D eigenvalue weighted by Gasteiger charge is 2.14. The Hall–Kier alpha value is -3.52. The van der Waals surface area contributed by atoms with Crippen molar-refractivity contribution in [2.75, 3.05) is 0 Å². The Kier molecular flexibility index (Phi) is 4.86. The second kappa shape index (κ2) is 7.61. The monoisotopic (exact) mass is 362 g/mol. The highest BCUT2D eigenvalue weighted by Crippen LogP contribution is 2.31. The summed E-state index contributed by atoms with van der Waals surface area (Å²) in [6.07, 6.45) is 1.86. The molecule has 0 aliphatic heterocycles. The Bertz CT molecular complexity index is 1190. The summed E-state index contributed by atoms with van der Waals surface area (Å²) >= 11 is 0. The fraction of sp³-hybridized carbons (Fsp3) is 0.0769. The minimum absolute atomic E-state index is 0.702. The van der Waals surface area contributed by atoms with Gasteiger partial charge in [0.1, 0.15) is 0 Å². The van der Waals surface area contributed by atoms with Gasteiger partial charge in [-0.3, -0.25) is 0 Å². The van der Waals surface area contributed by atoms with Gasteiger partial charge in [-0.05, 0) is 36.6 Å². The first-order valence-corrected chi connectivity index (χ1v) is 9.41. The van der Waals surface area contributed by atoms with Crippen LogP contribution in [0.1, 0.15) is 23.9 Å². The Morgan fingerprint density at radius 2 is 1.50 bits per heavy atom. The lowest BCUT2D eigenvalue weighted by Crippen LogP contribution is -1.99. The van der Waals surface area contributed by atoms with Crippen molar-refractivity contribution in [3.63, 3.8) is 0 Å². The minimum atomic E-state index is 0.702. The van der Waals surface area contributed by atoms with Crippen LogP contribution in [0.25, 0.3) is 33.3 Å². The van der Waals surface area contributed by atoms with E-state index in [0.29, 0.717) is 5.82 Å². The molecule has 0 fully saturated rings. The van der Waals surface area contributed by atoms with Crippen LogP contribution < -0.4 is 0 Å². The van der Waals surface area contributed by atoms with Crippen LogP contribution in [0.4, 0.5) is 0 Å². The van der Waals surface area contributed by atoms with E-state index < -0.39 is 0 Å². The van der Waals surface area contributed by atoms with Crippen molar-refractivity contribution in [3.8, 4) is 11.3 Å².